The summed E-state index contributed by atoms with van der Waals surface area (Å²) in [5, 5.41) is 0.433. The summed E-state index contributed by atoms with van der Waals surface area (Å²) in [7, 11) is -3.78. The molecule has 0 aliphatic rings. The molecule has 3 rings (SSSR count). The van der Waals surface area contributed by atoms with E-state index in [1.54, 1.807) is 31.3 Å². The number of hydrogen-bond donors (Lipinski definition) is 1. The first kappa shape index (κ1) is 23.4. The highest BCUT2D eigenvalue weighted by Crippen LogP contribution is 2.33. The molecule has 7 heteroatoms. The average Bonchev–Trinajstić information content (AvgIpc) is 2.76. The third kappa shape index (κ3) is 4.99. The Labute approximate surface area is 189 Å². The fraction of sp³-hybridized carbons (Fsp3) is 0.292. The number of benzene rings is 2. The van der Waals surface area contributed by atoms with Gasteiger partial charge in [-0.25, -0.2) is 8.42 Å². The molecule has 5 nitrogen and oxygen atoms in total. The van der Waals surface area contributed by atoms with Crippen molar-refractivity contribution in [2.75, 3.05) is 13.1 Å². The molecule has 0 radical (unpaired) electrons. The Morgan fingerprint density at radius 1 is 1.13 bits per heavy atom. The molecule has 0 saturated carbocycles. The van der Waals surface area contributed by atoms with Crippen LogP contribution in [-0.4, -0.2) is 30.8 Å². The van der Waals surface area contributed by atoms with Gasteiger partial charge < -0.3 is 5.73 Å². The standard InChI is InChI=1S/C24H28ClN3O2S/c1-17-16-27-13-11-22(17)21-8-4-7-20(15-21)19(3)28(14-6-12-26)31(29,30)24-10-5-9-23(25)18(24)2/h4-5,7-11,13,15-16,19H,6,12,14,26H2,1-3H3. The lowest BCUT2D eigenvalue weighted by atomic mass is 9.98. The predicted octanol–water partition coefficient (Wildman–Crippen LogP) is 5.12. The minimum atomic E-state index is -3.78. The van der Waals surface area contributed by atoms with Crippen LogP contribution >= 0.6 is 11.6 Å². The molecule has 0 fully saturated rings. The van der Waals surface area contributed by atoms with E-state index in [1.807, 2.05) is 50.4 Å². The minimum Gasteiger partial charge on any atom is -0.330 e. The van der Waals surface area contributed by atoms with E-state index in [1.165, 1.54) is 4.31 Å². The van der Waals surface area contributed by atoms with Gasteiger partial charge >= 0.3 is 0 Å². The van der Waals surface area contributed by atoms with Crippen LogP contribution in [0.1, 0.15) is 36.1 Å². The second-order valence-electron chi connectivity index (χ2n) is 7.61. The van der Waals surface area contributed by atoms with Gasteiger partial charge in [0.25, 0.3) is 0 Å². The molecule has 1 aromatic heterocycles. The largest absolute Gasteiger partial charge is 0.330 e. The Morgan fingerprint density at radius 3 is 2.58 bits per heavy atom. The Kier molecular flexibility index (Phi) is 7.49. The zero-order valence-corrected chi connectivity index (χ0v) is 19.6. The molecule has 1 heterocycles. The Morgan fingerprint density at radius 2 is 1.87 bits per heavy atom. The van der Waals surface area contributed by atoms with Gasteiger partial charge in [-0.15, -0.1) is 0 Å². The molecule has 1 atom stereocenters. The molecule has 0 spiro atoms. The van der Waals surface area contributed by atoms with Gasteiger partial charge in [0.05, 0.1) is 4.90 Å². The molecule has 1 unspecified atom stereocenters. The third-order valence-corrected chi connectivity index (χ3v) is 8.04. The van der Waals surface area contributed by atoms with Gasteiger partial charge in [0, 0.05) is 30.0 Å². The van der Waals surface area contributed by atoms with E-state index < -0.39 is 10.0 Å². The molecule has 2 aromatic carbocycles. The summed E-state index contributed by atoms with van der Waals surface area (Å²) in [5.41, 5.74) is 10.3. The summed E-state index contributed by atoms with van der Waals surface area (Å²) in [6, 6.07) is 14.6. The second-order valence-corrected chi connectivity index (χ2v) is 9.88. The SMILES string of the molecule is Cc1cnccc1-c1cccc(C(C)N(CCCN)S(=O)(=O)c2cccc(Cl)c2C)c1. The van der Waals surface area contributed by atoms with Gasteiger partial charge in [-0.2, -0.15) is 4.31 Å². The highest BCUT2D eigenvalue weighted by Gasteiger charge is 2.31. The summed E-state index contributed by atoms with van der Waals surface area (Å²) in [5.74, 6) is 0. The summed E-state index contributed by atoms with van der Waals surface area (Å²) >= 11 is 6.22. The van der Waals surface area contributed by atoms with Gasteiger partial charge in [0.2, 0.25) is 10.0 Å². The van der Waals surface area contributed by atoms with E-state index in [0.29, 0.717) is 30.1 Å². The molecule has 3 aromatic rings. The van der Waals surface area contributed by atoms with Crippen LogP contribution in [0, 0.1) is 13.8 Å². The van der Waals surface area contributed by atoms with Crippen LogP contribution in [0.15, 0.2) is 65.8 Å². The summed E-state index contributed by atoms with van der Waals surface area (Å²) in [6.07, 6.45) is 4.15. The molecular weight excluding hydrogens is 430 g/mol. The lowest BCUT2D eigenvalue weighted by Gasteiger charge is -2.29. The maximum Gasteiger partial charge on any atom is 0.243 e. The topological polar surface area (TPSA) is 76.3 Å². The average molecular weight is 458 g/mol. The molecular formula is C24H28ClN3O2S. The van der Waals surface area contributed by atoms with E-state index >= 15 is 0 Å². The van der Waals surface area contributed by atoms with Crippen molar-refractivity contribution in [1.82, 2.24) is 9.29 Å². The fourth-order valence-electron chi connectivity index (χ4n) is 3.69. The van der Waals surface area contributed by atoms with Crippen LogP contribution in [0.3, 0.4) is 0 Å². The first-order valence-electron chi connectivity index (χ1n) is 10.3. The lowest BCUT2D eigenvalue weighted by molar-refractivity contribution is 0.339. The number of halogens is 1. The second kappa shape index (κ2) is 9.92. The van der Waals surface area contributed by atoms with Crippen LogP contribution in [0.2, 0.25) is 5.02 Å². The number of aromatic nitrogens is 1. The number of hydrogen-bond acceptors (Lipinski definition) is 4. The zero-order valence-electron chi connectivity index (χ0n) is 18.0. The van der Waals surface area contributed by atoms with E-state index in [4.69, 9.17) is 17.3 Å². The number of nitrogens with two attached hydrogens (primary N) is 1. The molecule has 0 bridgehead atoms. The molecule has 31 heavy (non-hydrogen) atoms. The van der Waals surface area contributed by atoms with Crippen molar-refractivity contribution in [2.45, 2.75) is 38.1 Å². The monoisotopic (exact) mass is 457 g/mol. The smallest absolute Gasteiger partial charge is 0.243 e. The van der Waals surface area contributed by atoms with Crippen LogP contribution in [0.5, 0.6) is 0 Å². The van der Waals surface area contributed by atoms with Crippen molar-refractivity contribution < 1.29 is 8.42 Å². The van der Waals surface area contributed by atoms with E-state index in [-0.39, 0.29) is 10.9 Å². The Hall–Kier alpha value is -2.25. The van der Waals surface area contributed by atoms with Crippen LogP contribution in [0.25, 0.3) is 11.1 Å². The third-order valence-electron chi connectivity index (χ3n) is 5.52. The first-order chi connectivity index (χ1) is 14.8. The van der Waals surface area contributed by atoms with Gasteiger partial charge in [0.1, 0.15) is 0 Å². The molecule has 164 valence electrons. The molecule has 0 aliphatic heterocycles. The quantitative estimate of drug-likeness (QED) is 0.509. The Bertz CT molecular complexity index is 1160. The summed E-state index contributed by atoms with van der Waals surface area (Å²) < 4.78 is 28.8. The number of aryl methyl sites for hydroxylation is 1. The van der Waals surface area contributed by atoms with Crippen molar-refractivity contribution in [2.24, 2.45) is 5.73 Å². The summed E-state index contributed by atoms with van der Waals surface area (Å²) in [4.78, 5) is 4.39. The van der Waals surface area contributed by atoms with Crippen LogP contribution in [0.4, 0.5) is 0 Å². The van der Waals surface area contributed by atoms with Gasteiger partial charge in [-0.05, 0) is 85.8 Å². The van der Waals surface area contributed by atoms with Crippen LogP contribution < -0.4 is 5.73 Å². The maximum absolute atomic E-state index is 13.7. The molecule has 0 aliphatic carbocycles. The minimum absolute atomic E-state index is 0.227. The van der Waals surface area contributed by atoms with Crippen molar-refractivity contribution >= 4 is 21.6 Å². The number of sulfonamides is 1. The van der Waals surface area contributed by atoms with Crippen LogP contribution in [-0.2, 0) is 10.0 Å². The van der Waals surface area contributed by atoms with Crippen molar-refractivity contribution in [3.63, 3.8) is 0 Å². The zero-order chi connectivity index (χ0) is 22.6. The van der Waals surface area contributed by atoms with Gasteiger partial charge in [-0.3, -0.25) is 4.98 Å². The molecule has 2 N–H and O–H groups in total. The highest BCUT2D eigenvalue weighted by molar-refractivity contribution is 7.89. The normalized spacial score (nSPS) is 12.8. The highest BCUT2D eigenvalue weighted by atomic mass is 35.5. The van der Waals surface area contributed by atoms with Gasteiger partial charge in [0.15, 0.2) is 0 Å². The maximum atomic E-state index is 13.7. The first-order valence-corrected chi connectivity index (χ1v) is 12.1. The van der Waals surface area contributed by atoms with Crippen molar-refractivity contribution in [1.29, 1.82) is 0 Å². The summed E-state index contributed by atoms with van der Waals surface area (Å²) in [6.45, 7) is 6.38. The number of nitrogens with zero attached hydrogens (tertiary/aromatic N) is 2. The fourth-order valence-corrected chi connectivity index (χ4v) is 5.83. The van der Waals surface area contributed by atoms with E-state index in [0.717, 1.165) is 22.3 Å². The number of rotatable bonds is 8. The lowest BCUT2D eigenvalue weighted by Crippen LogP contribution is -2.35. The van der Waals surface area contributed by atoms with Crippen molar-refractivity contribution in [3.8, 4) is 11.1 Å². The van der Waals surface area contributed by atoms with Crippen molar-refractivity contribution in [3.05, 3.63) is 82.6 Å². The van der Waals surface area contributed by atoms with E-state index in [9.17, 15) is 8.42 Å². The molecule has 0 saturated heterocycles. The number of pyridine rings is 1. The molecule has 0 amide bonds. The Balaban J connectivity index is 2.05. The van der Waals surface area contributed by atoms with E-state index in [2.05, 4.69) is 4.98 Å². The van der Waals surface area contributed by atoms with Gasteiger partial charge in [-0.1, -0.05) is 35.9 Å². The predicted molar refractivity (Wildman–Crippen MR) is 127 cm³/mol.